The molecule has 0 atom stereocenters. The van der Waals surface area contributed by atoms with Gasteiger partial charge in [0, 0.05) is 34.6 Å². The van der Waals surface area contributed by atoms with Crippen molar-refractivity contribution >= 4 is 17.2 Å². The summed E-state index contributed by atoms with van der Waals surface area (Å²) < 4.78 is 16.1. The number of primary amides is 1. The number of carbonyl (C=O) groups is 1. The molecule has 5 nitrogen and oxygen atoms in total. The first-order valence-corrected chi connectivity index (χ1v) is 9.52. The molecule has 0 unspecified atom stereocenters. The zero-order chi connectivity index (χ0) is 19.7. The Morgan fingerprint density at radius 3 is 2.79 bits per heavy atom. The first-order valence-electron chi connectivity index (χ1n) is 8.64. The monoisotopic (exact) mass is 392 g/mol. The molecule has 1 amide bonds. The smallest absolute Gasteiger partial charge is 0.250 e. The molecule has 0 aliphatic rings. The maximum Gasteiger partial charge on any atom is 0.250 e. The number of thiazole rings is 1. The first-order chi connectivity index (χ1) is 13.5. The minimum atomic E-state index is -0.520. The maximum atomic E-state index is 14.2. The van der Waals surface area contributed by atoms with E-state index in [9.17, 15) is 9.18 Å². The number of amides is 1. The van der Waals surface area contributed by atoms with E-state index in [4.69, 9.17) is 10.7 Å². The summed E-state index contributed by atoms with van der Waals surface area (Å²) in [5, 5.41) is 2.74. The quantitative estimate of drug-likeness (QED) is 0.551. The lowest BCUT2D eigenvalue weighted by molar-refractivity contribution is 0.0999. The molecule has 140 valence electrons. The van der Waals surface area contributed by atoms with Crippen LogP contribution in [-0.2, 0) is 6.54 Å². The highest BCUT2D eigenvalue weighted by Gasteiger charge is 2.20. The van der Waals surface area contributed by atoms with Gasteiger partial charge in [-0.1, -0.05) is 18.2 Å². The number of rotatable bonds is 5. The molecule has 0 spiro atoms. The zero-order valence-electron chi connectivity index (χ0n) is 15.1. The third kappa shape index (κ3) is 3.32. The van der Waals surface area contributed by atoms with Crippen LogP contribution >= 0.6 is 11.3 Å². The van der Waals surface area contributed by atoms with Gasteiger partial charge in [0.25, 0.3) is 5.91 Å². The third-order valence-electron chi connectivity index (χ3n) is 4.59. The van der Waals surface area contributed by atoms with Crippen molar-refractivity contribution in [3.63, 3.8) is 0 Å². The second-order valence-corrected chi connectivity index (χ2v) is 7.21. The van der Waals surface area contributed by atoms with Crippen molar-refractivity contribution in [3.8, 4) is 22.0 Å². The normalized spacial score (nSPS) is 10.9. The van der Waals surface area contributed by atoms with Crippen molar-refractivity contribution in [2.45, 2.75) is 13.5 Å². The molecule has 7 heteroatoms. The van der Waals surface area contributed by atoms with Gasteiger partial charge < -0.3 is 10.3 Å². The molecule has 0 saturated carbocycles. The number of pyridine rings is 1. The van der Waals surface area contributed by atoms with Gasteiger partial charge in [-0.15, -0.1) is 11.3 Å². The number of aromatic nitrogens is 3. The van der Waals surface area contributed by atoms with Gasteiger partial charge in [-0.2, -0.15) is 0 Å². The van der Waals surface area contributed by atoms with Crippen LogP contribution in [-0.4, -0.2) is 20.4 Å². The molecule has 3 aromatic heterocycles. The Bertz CT molecular complexity index is 1150. The lowest BCUT2D eigenvalue weighted by Crippen LogP contribution is -2.13. The molecule has 4 aromatic rings. The van der Waals surface area contributed by atoms with Crippen LogP contribution in [0.3, 0.4) is 0 Å². The van der Waals surface area contributed by atoms with Gasteiger partial charge in [0.05, 0.1) is 23.5 Å². The van der Waals surface area contributed by atoms with E-state index in [0.717, 1.165) is 16.3 Å². The van der Waals surface area contributed by atoms with Crippen LogP contribution in [0.2, 0.25) is 0 Å². The van der Waals surface area contributed by atoms with Crippen molar-refractivity contribution in [2.24, 2.45) is 5.73 Å². The van der Waals surface area contributed by atoms with E-state index in [1.165, 1.54) is 17.4 Å². The Morgan fingerprint density at radius 2 is 2.07 bits per heavy atom. The van der Waals surface area contributed by atoms with Gasteiger partial charge in [0.15, 0.2) is 0 Å². The van der Waals surface area contributed by atoms with Crippen LogP contribution in [0.1, 0.15) is 21.6 Å². The van der Waals surface area contributed by atoms with E-state index in [-0.39, 0.29) is 12.4 Å². The molecular weight excluding hydrogens is 375 g/mol. The fraction of sp³-hybridized carbons (Fsp3) is 0.0952. The predicted molar refractivity (Wildman–Crippen MR) is 108 cm³/mol. The van der Waals surface area contributed by atoms with Crippen molar-refractivity contribution in [2.75, 3.05) is 0 Å². The summed E-state index contributed by atoms with van der Waals surface area (Å²) in [4.78, 5) is 20.7. The summed E-state index contributed by atoms with van der Waals surface area (Å²) in [6.07, 6.45) is 3.46. The molecule has 28 heavy (non-hydrogen) atoms. The largest absolute Gasteiger partial charge is 0.366 e. The molecule has 0 aliphatic heterocycles. The minimum absolute atomic E-state index is 0.279. The van der Waals surface area contributed by atoms with Gasteiger partial charge in [-0.05, 0) is 31.2 Å². The molecular formula is C21H17FN4OS. The van der Waals surface area contributed by atoms with Gasteiger partial charge in [-0.25, -0.2) is 9.37 Å². The number of nitrogens with two attached hydrogens (primary N) is 1. The topological polar surface area (TPSA) is 73.8 Å². The lowest BCUT2D eigenvalue weighted by Gasteiger charge is -2.11. The number of halogens is 1. The predicted octanol–water partition coefficient (Wildman–Crippen LogP) is 4.27. The average molecular weight is 392 g/mol. The fourth-order valence-corrected chi connectivity index (χ4v) is 3.93. The Morgan fingerprint density at radius 1 is 1.25 bits per heavy atom. The summed E-state index contributed by atoms with van der Waals surface area (Å²) in [6.45, 7) is 2.08. The molecule has 3 heterocycles. The van der Waals surface area contributed by atoms with Crippen LogP contribution in [0.15, 0.2) is 60.2 Å². The molecule has 0 aliphatic carbocycles. The van der Waals surface area contributed by atoms with E-state index in [1.54, 1.807) is 43.6 Å². The molecule has 0 bridgehead atoms. The van der Waals surface area contributed by atoms with Gasteiger partial charge in [-0.3, -0.25) is 9.78 Å². The maximum absolute atomic E-state index is 14.2. The zero-order valence-corrected chi connectivity index (χ0v) is 15.9. The summed E-state index contributed by atoms with van der Waals surface area (Å²) in [6, 6.07) is 12.1. The number of carbonyl (C=O) groups excluding carboxylic acids is 1. The van der Waals surface area contributed by atoms with Crippen LogP contribution in [0.5, 0.6) is 0 Å². The van der Waals surface area contributed by atoms with E-state index >= 15 is 0 Å². The Kier molecular flexibility index (Phi) is 4.75. The Hall–Kier alpha value is -3.32. The minimum Gasteiger partial charge on any atom is -0.366 e. The summed E-state index contributed by atoms with van der Waals surface area (Å²) in [7, 11) is 0. The molecule has 0 fully saturated rings. The molecule has 0 saturated heterocycles. The highest BCUT2D eigenvalue weighted by atomic mass is 32.1. The summed E-state index contributed by atoms with van der Waals surface area (Å²) in [5.74, 6) is -0.815. The highest BCUT2D eigenvalue weighted by Crippen LogP contribution is 2.31. The van der Waals surface area contributed by atoms with E-state index < -0.39 is 5.91 Å². The number of nitrogens with zero attached hydrogens (tertiary/aromatic N) is 3. The van der Waals surface area contributed by atoms with Gasteiger partial charge in [0.2, 0.25) is 0 Å². The van der Waals surface area contributed by atoms with Crippen molar-refractivity contribution in [3.05, 3.63) is 82.9 Å². The average Bonchev–Trinajstić information content (AvgIpc) is 3.30. The molecule has 1 aromatic carbocycles. The van der Waals surface area contributed by atoms with E-state index in [2.05, 4.69) is 4.98 Å². The standard InChI is InChI=1S/C21H17FN4OS/c1-13-16(20(23)27)9-19(26(13)11-15-5-2-3-7-17(15)22)18-12-28-21(25-18)14-6-4-8-24-10-14/h2-10,12H,11H2,1H3,(H2,23,27). The number of hydrogen-bond donors (Lipinski definition) is 1. The van der Waals surface area contributed by atoms with Crippen LogP contribution in [0.4, 0.5) is 4.39 Å². The van der Waals surface area contributed by atoms with Crippen LogP contribution in [0, 0.1) is 12.7 Å². The fourth-order valence-electron chi connectivity index (χ4n) is 3.12. The summed E-state index contributed by atoms with van der Waals surface area (Å²) in [5.41, 5.74) is 9.50. The molecule has 4 rings (SSSR count). The second-order valence-electron chi connectivity index (χ2n) is 6.35. The van der Waals surface area contributed by atoms with Crippen LogP contribution in [0.25, 0.3) is 22.0 Å². The SMILES string of the molecule is Cc1c(C(N)=O)cc(-c2csc(-c3cccnc3)n2)n1Cc1ccccc1F. The highest BCUT2D eigenvalue weighted by molar-refractivity contribution is 7.13. The van der Waals surface area contributed by atoms with Crippen molar-refractivity contribution < 1.29 is 9.18 Å². The first kappa shape index (κ1) is 18.1. The Labute approximate surface area is 165 Å². The van der Waals surface area contributed by atoms with Crippen LogP contribution < -0.4 is 5.73 Å². The molecule has 0 radical (unpaired) electrons. The van der Waals surface area contributed by atoms with E-state index in [0.29, 0.717) is 22.5 Å². The Balaban J connectivity index is 1.81. The number of benzene rings is 1. The van der Waals surface area contributed by atoms with Gasteiger partial charge in [0.1, 0.15) is 10.8 Å². The third-order valence-corrected chi connectivity index (χ3v) is 5.48. The van der Waals surface area contributed by atoms with Gasteiger partial charge >= 0.3 is 0 Å². The second kappa shape index (κ2) is 7.36. The summed E-state index contributed by atoms with van der Waals surface area (Å²) >= 11 is 1.48. The lowest BCUT2D eigenvalue weighted by atomic mass is 10.2. The van der Waals surface area contributed by atoms with Crippen molar-refractivity contribution in [1.82, 2.24) is 14.5 Å². The molecule has 2 N–H and O–H groups in total. The number of hydrogen-bond acceptors (Lipinski definition) is 4. The van der Waals surface area contributed by atoms with E-state index in [1.807, 2.05) is 22.1 Å². The van der Waals surface area contributed by atoms with Crippen molar-refractivity contribution in [1.29, 1.82) is 0 Å².